The molecule has 2 rings (SSSR count). The largest absolute Gasteiger partial charge is 0.293 e. The fourth-order valence-electron chi connectivity index (χ4n) is 1.47. The summed E-state index contributed by atoms with van der Waals surface area (Å²) in [7, 11) is 1.87. The standard InChI is InChI=1S/C11H13N3OS/c1-8-12-6-11(16-8)10(15)4-3-9-5-13-14(2)7-9/h5-7H,3-4H2,1-2H3. The molecule has 2 aromatic heterocycles. The van der Waals surface area contributed by atoms with Gasteiger partial charge in [0.1, 0.15) is 0 Å². The zero-order valence-corrected chi connectivity index (χ0v) is 10.1. The fourth-order valence-corrected chi connectivity index (χ4v) is 2.22. The lowest BCUT2D eigenvalue weighted by Gasteiger charge is -1.95. The molecule has 2 heterocycles. The van der Waals surface area contributed by atoms with Crippen LogP contribution in [0.4, 0.5) is 0 Å². The molecular formula is C11H13N3OS. The van der Waals surface area contributed by atoms with Gasteiger partial charge in [-0.3, -0.25) is 9.48 Å². The lowest BCUT2D eigenvalue weighted by atomic mass is 10.1. The molecule has 0 atom stereocenters. The van der Waals surface area contributed by atoms with Crippen LogP contribution in [-0.4, -0.2) is 20.5 Å². The second-order valence-corrected chi connectivity index (χ2v) is 4.92. The summed E-state index contributed by atoms with van der Waals surface area (Å²) in [6.45, 7) is 1.91. The number of aryl methyl sites for hydroxylation is 3. The first-order valence-corrected chi connectivity index (χ1v) is 5.90. The SMILES string of the molecule is Cc1ncc(C(=O)CCc2cnn(C)c2)s1. The van der Waals surface area contributed by atoms with Crippen LogP contribution >= 0.6 is 11.3 Å². The summed E-state index contributed by atoms with van der Waals surface area (Å²) in [5.74, 6) is 0.162. The number of hydrogen-bond donors (Lipinski definition) is 0. The Hall–Kier alpha value is -1.49. The topological polar surface area (TPSA) is 47.8 Å². The van der Waals surface area contributed by atoms with Crippen molar-refractivity contribution in [2.75, 3.05) is 0 Å². The minimum Gasteiger partial charge on any atom is -0.293 e. The van der Waals surface area contributed by atoms with Crippen molar-refractivity contribution in [3.8, 4) is 0 Å². The van der Waals surface area contributed by atoms with E-state index in [0.29, 0.717) is 6.42 Å². The molecule has 2 aromatic rings. The van der Waals surface area contributed by atoms with Gasteiger partial charge in [0.25, 0.3) is 0 Å². The minimum atomic E-state index is 0.162. The molecule has 0 aromatic carbocycles. The lowest BCUT2D eigenvalue weighted by molar-refractivity contribution is 0.0986. The number of thiazole rings is 1. The molecule has 0 aliphatic heterocycles. The summed E-state index contributed by atoms with van der Waals surface area (Å²) in [5, 5.41) is 5.00. The predicted molar refractivity (Wildman–Crippen MR) is 62.7 cm³/mol. The number of carbonyl (C=O) groups is 1. The zero-order valence-electron chi connectivity index (χ0n) is 9.30. The Morgan fingerprint density at radius 2 is 2.31 bits per heavy atom. The van der Waals surface area contributed by atoms with Crippen LogP contribution in [0, 0.1) is 6.92 Å². The van der Waals surface area contributed by atoms with Crippen molar-refractivity contribution < 1.29 is 4.79 Å². The molecule has 0 bridgehead atoms. The lowest BCUT2D eigenvalue weighted by Crippen LogP contribution is -1.98. The Morgan fingerprint density at radius 3 is 2.88 bits per heavy atom. The van der Waals surface area contributed by atoms with E-state index in [4.69, 9.17) is 0 Å². The molecule has 5 heteroatoms. The second kappa shape index (κ2) is 4.57. The highest BCUT2D eigenvalue weighted by Gasteiger charge is 2.09. The maximum Gasteiger partial charge on any atom is 0.174 e. The smallest absolute Gasteiger partial charge is 0.174 e. The normalized spacial score (nSPS) is 10.6. The van der Waals surface area contributed by atoms with Crippen LogP contribution in [0.3, 0.4) is 0 Å². The Morgan fingerprint density at radius 1 is 1.50 bits per heavy atom. The van der Waals surface area contributed by atoms with E-state index in [2.05, 4.69) is 10.1 Å². The maximum absolute atomic E-state index is 11.8. The van der Waals surface area contributed by atoms with Gasteiger partial charge in [0, 0.05) is 25.9 Å². The summed E-state index contributed by atoms with van der Waals surface area (Å²) in [6, 6.07) is 0. The highest BCUT2D eigenvalue weighted by atomic mass is 32.1. The molecule has 0 spiro atoms. The van der Waals surface area contributed by atoms with Crippen LogP contribution in [0.1, 0.15) is 26.7 Å². The molecule has 0 saturated carbocycles. The zero-order chi connectivity index (χ0) is 11.5. The van der Waals surface area contributed by atoms with Gasteiger partial charge in [-0.15, -0.1) is 11.3 Å². The summed E-state index contributed by atoms with van der Waals surface area (Å²) in [6.07, 6.45) is 6.65. The summed E-state index contributed by atoms with van der Waals surface area (Å²) >= 11 is 1.45. The number of nitrogens with zero attached hydrogens (tertiary/aromatic N) is 3. The van der Waals surface area contributed by atoms with Crippen molar-refractivity contribution in [2.24, 2.45) is 7.05 Å². The molecule has 0 aliphatic carbocycles. The third-order valence-corrected chi connectivity index (χ3v) is 3.25. The molecule has 16 heavy (non-hydrogen) atoms. The molecule has 84 valence electrons. The van der Waals surface area contributed by atoms with Gasteiger partial charge in [0.15, 0.2) is 5.78 Å². The second-order valence-electron chi connectivity index (χ2n) is 3.69. The van der Waals surface area contributed by atoms with E-state index in [9.17, 15) is 4.79 Å². The highest BCUT2D eigenvalue weighted by molar-refractivity contribution is 7.13. The molecule has 0 saturated heterocycles. The first-order valence-electron chi connectivity index (χ1n) is 5.08. The van der Waals surface area contributed by atoms with Gasteiger partial charge < -0.3 is 0 Å². The van der Waals surface area contributed by atoms with Crippen LogP contribution in [0.25, 0.3) is 0 Å². The van der Waals surface area contributed by atoms with Crippen LogP contribution in [-0.2, 0) is 13.5 Å². The van der Waals surface area contributed by atoms with Crippen molar-refractivity contribution in [1.82, 2.24) is 14.8 Å². The third-order valence-electron chi connectivity index (χ3n) is 2.30. The molecule has 0 radical (unpaired) electrons. The summed E-state index contributed by atoms with van der Waals surface area (Å²) < 4.78 is 1.75. The number of carbonyl (C=O) groups excluding carboxylic acids is 1. The van der Waals surface area contributed by atoms with E-state index >= 15 is 0 Å². The van der Waals surface area contributed by atoms with Gasteiger partial charge in [-0.2, -0.15) is 5.10 Å². The molecule has 0 fully saturated rings. The quantitative estimate of drug-likeness (QED) is 0.761. The van der Waals surface area contributed by atoms with Gasteiger partial charge in [0.05, 0.1) is 16.1 Å². The first kappa shape index (κ1) is 11.0. The first-order chi connectivity index (χ1) is 7.65. The average molecular weight is 235 g/mol. The van der Waals surface area contributed by atoms with E-state index in [1.54, 1.807) is 17.1 Å². The van der Waals surface area contributed by atoms with Gasteiger partial charge >= 0.3 is 0 Å². The monoisotopic (exact) mass is 235 g/mol. The number of hydrogen-bond acceptors (Lipinski definition) is 4. The van der Waals surface area contributed by atoms with Gasteiger partial charge in [-0.1, -0.05) is 0 Å². The number of aromatic nitrogens is 3. The average Bonchev–Trinajstić information content (AvgIpc) is 2.84. The summed E-state index contributed by atoms with van der Waals surface area (Å²) in [4.78, 5) is 16.6. The Labute approximate surface area is 97.9 Å². The van der Waals surface area contributed by atoms with Crippen molar-refractivity contribution >= 4 is 17.1 Å². The summed E-state index contributed by atoms with van der Waals surface area (Å²) in [5.41, 5.74) is 1.09. The Bertz CT molecular complexity index is 501. The number of Topliss-reactive ketones (excluding diaryl/α,β-unsaturated/α-hetero) is 1. The van der Waals surface area contributed by atoms with Crippen molar-refractivity contribution in [2.45, 2.75) is 19.8 Å². The van der Waals surface area contributed by atoms with Gasteiger partial charge in [-0.25, -0.2) is 4.98 Å². The van der Waals surface area contributed by atoms with E-state index in [1.807, 2.05) is 20.2 Å². The van der Waals surface area contributed by atoms with Gasteiger partial charge in [0.2, 0.25) is 0 Å². The fraction of sp³-hybridized carbons (Fsp3) is 0.364. The van der Waals surface area contributed by atoms with Crippen LogP contribution in [0.15, 0.2) is 18.6 Å². The van der Waals surface area contributed by atoms with E-state index < -0.39 is 0 Å². The van der Waals surface area contributed by atoms with Crippen LogP contribution in [0.2, 0.25) is 0 Å². The van der Waals surface area contributed by atoms with Gasteiger partial charge in [-0.05, 0) is 18.9 Å². The highest BCUT2D eigenvalue weighted by Crippen LogP contribution is 2.15. The molecule has 4 nitrogen and oxygen atoms in total. The van der Waals surface area contributed by atoms with Crippen LogP contribution in [0.5, 0.6) is 0 Å². The Balaban J connectivity index is 1.93. The molecule has 0 N–H and O–H groups in total. The number of rotatable bonds is 4. The molecule has 0 amide bonds. The van der Waals surface area contributed by atoms with E-state index in [0.717, 1.165) is 21.9 Å². The maximum atomic E-state index is 11.8. The predicted octanol–water partition coefficient (Wildman–Crippen LogP) is 2.00. The molecule has 0 unspecified atom stereocenters. The number of ketones is 1. The van der Waals surface area contributed by atoms with Crippen LogP contribution < -0.4 is 0 Å². The van der Waals surface area contributed by atoms with E-state index in [-0.39, 0.29) is 5.78 Å². The van der Waals surface area contributed by atoms with Crippen molar-refractivity contribution in [3.63, 3.8) is 0 Å². The van der Waals surface area contributed by atoms with Crippen molar-refractivity contribution in [3.05, 3.63) is 34.0 Å². The van der Waals surface area contributed by atoms with E-state index in [1.165, 1.54) is 11.3 Å². The third kappa shape index (κ3) is 2.55. The van der Waals surface area contributed by atoms with Crippen molar-refractivity contribution in [1.29, 1.82) is 0 Å². The minimum absolute atomic E-state index is 0.162. The Kier molecular flexibility index (Phi) is 3.14. The molecular weight excluding hydrogens is 222 g/mol. The molecule has 0 aliphatic rings.